The minimum atomic E-state index is -2.68. The van der Waals surface area contributed by atoms with Crippen molar-refractivity contribution in [3.8, 4) is 0 Å². The van der Waals surface area contributed by atoms with Crippen LogP contribution in [-0.2, 0) is 16.1 Å². The maximum absolute atomic E-state index is 12.7. The molecule has 1 fully saturated rings. The number of alkyl halides is 2. The van der Waals surface area contributed by atoms with Crippen LogP contribution >= 0.6 is 0 Å². The molecule has 19 heavy (non-hydrogen) atoms. The van der Waals surface area contributed by atoms with Crippen molar-refractivity contribution in [3.63, 3.8) is 0 Å². The second-order valence-corrected chi connectivity index (χ2v) is 4.39. The van der Waals surface area contributed by atoms with Crippen molar-refractivity contribution in [1.82, 2.24) is 14.5 Å². The number of β-amino-alcohol motifs (C(OH)–C–C–N with tert-alkyl or cyclic N) is 1. The van der Waals surface area contributed by atoms with Crippen molar-refractivity contribution in [1.29, 1.82) is 0 Å². The summed E-state index contributed by atoms with van der Waals surface area (Å²) < 4.78 is 30.8. The van der Waals surface area contributed by atoms with E-state index in [4.69, 9.17) is 0 Å². The molecule has 1 aromatic rings. The van der Waals surface area contributed by atoms with Gasteiger partial charge < -0.3 is 9.84 Å². The van der Waals surface area contributed by atoms with Crippen LogP contribution in [0.25, 0.3) is 0 Å². The van der Waals surface area contributed by atoms with Gasteiger partial charge in [-0.3, -0.25) is 14.3 Å². The Kier molecular flexibility index (Phi) is 4.11. The van der Waals surface area contributed by atoms with Gasteiger partial charge in [-0.1, -0.05) is 0 Å². The molecule has 2 atom stereocenters. The van der Waals surface area contributed by atoms with Gasteiger partial charge in [-0.15, -0.1) is 0 Å². The number of aliphatic hydroxyl groups is 1. The van der Waals surface area contributed by atoms with Crippen LogP contribution in [-0.4, -0.2) is 51.3 Å². The smallest absolute Gasteiger partial charge is 0.323 e. The number of ether oxygens (including phenoxy) is 1. The molecule has 1 aromatic heterocycles. The standard InChI is InChI=1S/C11H15F2N3O3/c1-19-10(18)8-4-7(17)5-15(8)6-9-14-2-3-16(9)11(12)13/h2-3,7-8,11,17H,4-6H2,1H3. The summed E-state index contributed by atoms with van der Waals surface area (Å²) in [5.41, 5.74) is 0. The van der Waals surface area contributed by atoms with E-state index >= 15 is 0 Å². The van der Waals surface area contributed by atoms with Crippen LogP contribution in [0.3, 0.4) is 0 Å². The second kappa shape index (κ2) is 5.62. The molecule has 0 spiro atoms. The molecule has 8 heteroatoms. The summed E-state index contributed by atoms with van der Waals surface area (Å²) >= 11 is 0. The SMILES string of the molecule is COC(=O)C1CC(O)CN1Cc1nccn1C(F)F. The van der Waals surface area contributed by atoms with E-state index in [2.05, 4.69) is 9.72 Å². The van der Waals surface area contributed by atoms with Crippen molar-refractivity contribution in [2.24, 2.45) is 0 Å². The zero-order valence-corrected chi connectivity index (χ0v) is 10.4. The average Bonchev–Trinajstić information content (AvgIpc) is 2.95. The maximum atomic E-state index is 12.7. The summed E-state index contributed by atoms with van der Waals surface area (Å²) in [4.78, 5) is 17.0. The Morgan fingerprint density at radius 3 is 3.05 bits per heavy atom. The van der Waals surface area contributed by atoms with Gasteiger partial charge >= 0.3 is 12.5 Å². The van der Waals surface area contributed by atoms with Gasteiger partial charge in [0.05, 0.1) is 19.8 Å². The predicted molar refractivity (Wildman–Crippen MR) is 60.3 cm³/mol. The van der Waals surface area contributed by atoms with E-state index in [1.165, 1.54) is 19.5 Å². The molecule has 0 bridgehead atoms. The van der Waals surface area contributed by atoms with E-state index in [0.717, 1.165) is 4.57 Å². The lowest BCUT2D eigenvalue weighted by atomic mass is 10.2. The molecule has 2 rings (SSSR count). The fourth-order valence-corrected chi connectivity index (χ4v) is 2.26. The molecule has 2 unspecified atom stereocenters. The van der Waals surface area contributed by atoms with E-state index in [9.17, 15) is 18.7 Å². The van der Waals surface area contributed by atoms with Gasteiger partial charge in [0, 0.05) is 25.4 Å². The minimum absolute atomic E-state index is 0.0637. The predicted octanol–water partition coefficient (Wildman–Crippen LogP) is 0.386. The summed E-state index contributed by atoms with van der Waals surface area (Å²) in [5, 5.41) is 9.60. The van der Waals surface area contributed by atoms with Crippen LogP contribution in [0, 0.1) is 0 Å². The molecule has 0 saturated carbocycles. The zero-order chi connectivity index (χ0) is 14.0. The number of hydrogen-bond acceptors (Lipinski definition) is 5. The van der Waals surface area contributed by atoms with Gasteiger partial charge in [-0.25, -0.2) is 4.98 Å². The fraction of sp³-hybridized carbons (Fsp3) is 0.636. The average molecular weight is 275 g/mol. The number of esters is 1. The quantitative estimate of drug-likeness (QED) is 0.805. The molecule has 0 aliphatic carbocycles. The molecular weight excluding hydrogens is 260 g/mol. The van der Waals surface area contributed by atoms with E-state index < -0.39 is 24.7 Å². The number of carbonyl (C=O) groups excluding carboxylic acids is 1. The van der Waals surface area contributed by atoms with Gasteiger partial charge in [0.1, 0.15) is 11.9 Å². The number of methoxy groups -OCH3 is 1. The molecule has 1 saturated heterocycles. The summed E-state index contributed by atoms with van der Waals surface area (Å²) in [6, 6.07) is -0.622. The number of likely N-dealkylation sites (tertiary alicyclic amines) is 1. The Bertz CT molecular complexity index is 452. The normalized spacial score (nSPS) is 24.1. The molecule has 6 nitrogen and oxygen atoms in total. The Morgan fingerprint density at radius 1 is 1.68 bits per heavy atom. The van der Waals surface area contributed by atoms with Crippen molar-refractivity contribution >= 4 is 5.97 Å². The Balaban J connectivity index is 2.12. The highest BCUT2D eigenvalue weighted by atomic mass is 19.3. The molecule has 0 aromatic carbocycles. The molecule has 1 aliphatic rings. The highest BCUT2D eigenvalue weighted by Gasteiger charge is 2.37. The van der Waals surface area contributed by atoms with Crippen molar-refractivity contribution in [2.45, 2.75) is 31.7 Å². The first-order chi connectivity index (χ1) is 9.02. The highest BCUT2D eigenvalue weighted by Crippen LogP contribution is 2.22. The number of aromatic nitrogens is 2. The molecule has 1 N–H and O–H groups in total. The number of aliphatic hydroxyl groups excluding tert-OH is 1. The highest BCUT2D eigenvalue weighted by molar-refractivity contribution is 5.76. The molecule has 0 amide bonds. The maximum Gasteiger partial charge on any atom is 0.323 e. The van der Waals surface area contributed by atoms with E-state index in [0.29, 0.717) is 0 Å². The van der Waals surface area contributed by atoms with Crippen LogP contribution in [0.2, 0.25) is 0 Å². The Labute approximate surface area is 108 Å². The fourth-order valence-electron chi connectivity index (χ4n) is 2.26. The van der Waals surface area contributed by atoms with Gasteiger partial charge in [-0.2, -0.15) is 8.78 Å². The van der Waals surface area contributed by atoms with E-state index in [1.54, 1.807) is 4.90 Å². The minimum Gasteiger partial charge on any atom is -0.468 e. The first-order valence-corrected chi connectivity index (χ1v) is 5.82. The number of hydrogen-bond donors (Lipinski definition) is 1. The van der Waals surface area contributed by atoms with Gasteiger partial charge in [0.15, 0.2) is 0 Å². The molecule has 2 heterocycles. The number of imidazole rings is 1. The van der Waals surface area contributed by atoms with E-state index in [1.807, 2.05) is 0 Å². The van der Waals surface area contributed by atoms with Crippen molar-refractivity contribution in [2.75, 3.05) is 13.7 Å². The Hall–Kier alpha value is -1.54. The number of carbonyl (C=O) groups is 1. The summed E-state index contributed by atoms with van der Waals surface area (Å²) in [7, 11) is 1.26. The monoisotopic (exact) mass is 275 g/mol. The molecular formula is C11H15F2N3O3. The molecule has 1 aliphatic heterocycles. The molecule has 106 valence electrons. The van der Waals surface area contributed by atoms with Crippen molar-refractivity contribution < 1.29 is 23.4 Å². The summed E-state index contributed by atoms with van der Waals surface area (Å²) in [5.74, 6) is -0.329. The van der Waals surface area contributed by atoms with Gasteiger partial charge in [-0.05, 0) is 0 Å². The lowest BCUT2D eigenvalue weighted by Gasteiger charge is -2.21. The number of halogens is 2. The Morgan fingerprint density at radius 2 is 2.42 bits per heavy atom. The topological polar surface area (TPSA) is 67.6 Å². The first-order valence-electron chi connectivity index (χ1n) is 5.82. The largest absolute Gasteiger partial charge is 0.468 e. The van der Waals surface area contributed by atoms with Crippen LogP contribution < -0.4 is 0 Å². The summed E-state index contributed by atoms with van der Waals surface area (Å²) in [6.07, 6.45) is 2.03. The number of nitrogens with zero attached hydrogens (tertiary/aromatic N) is 3. The third-order valence-corrected chi connectivity index (χ3v) is 3.16. The van der Waals surface area contributed by atoms with Crippen LogP contribution in [0.1, 0.15) is 18.8 Å². The number of rotatable bonds is 4. The lowest BCUT2D eigenvalue weighted by Crippen LogP contribution is -2.37. The lowest BCUT2D eigenvalue weighted by molar-refractivity contribution is -0.146. The van der Waals surface area contributed by atoms with Gasteiger partial charge in [0.25, 0.3) is 0 Å². The van der Waals surface area contributed by atoms with Gasteiger partial charge in [0.2, 0.25) is 0 Å². The zero-order valence-electron chi connectivity index (χ0n) is 10.4. The van der Waals surface area contributed by atoms with Crippen molar-refractivity contribution in [3.05, 3.63) is 18.2 Å². The van der Waals surface area contributed by atoms with Crippen LogP contribution in [0.4, 0.5) is 8.78 Å². The summed E-state index contributed by atoms with van der Waals surface area (Å²) in [6.45, 7) is -2.38. The third kappa shape index (κ3) is 2.90. The van der Waals surface area contributed by atoms with Crippen LogP contribution in [0.5, 0.6) is 0 Å². The molecule has 0 radical (unpaired) electrons. The third-order valence-electron chi connectivity index (χ3n) is 3.16. The first kappa shape index (κ1) is 13.9. The van der Waals surface area contributed by atoms with Crippen LogP contribution in [0.15, 0.2) is 12.4 Å². The second-order valence-electron chi connectivity index (χ2n) is 4.39. The van der Waals surface area contributed by atoms with E-state index in [-0.39, 0.29) is 25.3 Å².